The van der Waals surface area contributed by atoms with E-state index in [1.165, 1.54) is 22.7 Å². The van der Waals surface area contributed by atoms with Crippen LogP contribution in [-0.2, 0) is 12.8 Å². The summed E-state index contributed by atoms with van der Waals surface area (Å²) in [6.45, 7) is 0.107. The van der Waals surface area contributed by atoms with Gasteiger partial charge in [0.15, 0.2) is 5.82 Å². The molecule has 172 valence electrons. The molecule has 0 N–H and O–H groups in total. The van der Waals surface area contributed by atoms with Crippen molar-refractivity contribution in [2.45, 2.75) is 12.8 Å². The highest BCUT2D eigenvalue weighted by Crippen LogP contribution is 2.36. The van der Waals surface area contributed by atoms with Crippen LogP contribution in [0.4, 0.5) is 13.2 Å². The first-order valence-electron chi connectivity index (χ1n) is 9.83. The summed E-state index contributed by atoms with van der Waals surface area (Å²) in [5.41, 5.74) is -1.13. The number of halogens is 4. The van der Waals surface area contributed by atoms with Crippen LogP contribution in [0.15, 0.2) is 69.9 Å². The molecule has 0 radical (unpaired) electrons. The number of hydrogen-bond donors (Lipinski definition) is 0. The lowest BCUT2D eigenvalue weighted by atomic mass is 10.1. The van der Waals surface area contributed by atoms with Gasteiger partial charge in [0, 0.05) is 11.6 Å². The lowest BCUT2D eigenvalue weighted by molar-refractivity contribution is -0.137. The van der Waals surface area contributed by atoms with Gasteiger partial charge in [0.2, 0.25) is 4.96 Å². The molecule has 3 aromatic heterocycles. The molecule has 5 rings (SSSR count). The Morgan fingerprint density at radius 1 is 1.12 bits per heavy atom. The minimum atomic E-state index is -4.51. The van der Waals surface area contributed by atoms with E-state index in [9.17, 15) is 18.0 Å². The standard InChI is InChI=1S/C23H13ClF3N3O3S/c24-17-8-6-13(23(25,26)27)10-16(17)18-9-7-15(33-18)11-19-21(31)30-22(34-19)28-20(29-30)12-32-14-4-2-1-3-5-14/h1-11H,12H2/b19-11-. The van der Waals surface area contributed by atoms with Crippen LogP contribution < -0.4 is 14.8 Å². The van der Waals surface area contributed by atoms with Crippen molar-refractivity contribution >= 4 is 34.0 Å². The van der Waals surface area contributed by atoms with Crippen molar-refractivity contribution in [2.75, 3.05) is 0 Å². The van der Waals surface area contributed by atoms with Gasteiger partial charge in [-0.05, 0) is 42.5 Å². The summed E-state index contributed by atoms with van der Waals surface area (Å²) in [5, 5.41) is 4.30. The van der Waals surface area contributed by atoms with Crippen molar-refractivity contribution in [1.82, 2.24) is 14.6 Å². The van der Waals surface area contributed by atoms with Crippen molar-refractivity contribution < 1.29 is 22.3 Å². The van der Waals surface area contributed by atoms with Gasteiger partial charge in [0.1, 0.15) is 28.4 Å². The van der Waals surface area contributed by atoms with E-state index >= 15 is 0 Å². The Labute approximate surface area is 198 Å². The molecular formula is C23H13ClF3N3O3S. The van der Waals surface area contributed by atoms with Gasteiger partial charge in [-0.3, -0.25) is 4.79 Å². The van der Waals surface area contributed by atoms with Gasteiger partial charge < -0.3 is 9.15 Å². The Morgan fingerprint density at radius 2 is 1.91 bits per heavy atom. The van der Waals surface area contributed by atoms with Crippen molar-refractivity contribution in [1.29, 1.82) is 0 Å². The van der Waals surface area contributed by atoms with Crippen LogP contribution in [0.2, 0.25) is 5.02 Å². The van der Waals surface area contributed by atoms with Crippen molar-refractivity contribution in [3.8, 4) is 17.1 Å². The predicted molar refractivity (Wildman–Crippen MR) is 121 cm³/mol. The van der Waals surface area contributed by atoms with E-state index in [2.05, 4.69) is 10.1 Å². The summed E-state index contributed by atoms with van der Waals surface area (Å²) in [6.07, 6.45) is -3.03. The number of thiazole rings is 1. The number of benzene rings is 2. The Hall–Kier alpha value is -3.63. The van der Waals surface area contributed by atoms with Crippen molar-refractivity contribution in [3.05, 3.63) is 97.7 Å². The summed E-state index contributed by atoms with van der Waals surface area (Å²) >= 11 is 7.18. The highest BCUT2D eigenvalue weighted by Gasteiger charge is 2.31. The summed E-state index contributed by atoms with van der Waals surface area (Å²) in [4.78, 5) is 17.4. The lowest BCUT2D eigenvalue weighted by Crippen LogP contribution is -2.23. The van der Waals surface area contributed by atoms with Crippen LogP contribution in [0.25, 0.3) is 22.4 Å². The number of furan rings is 1. The van der Waals surface area contributed by atoms with Crippen LogP contribution in [0, 0.1) is 0 Å². The number of ether oxygens (including phenoxy) is 1. The fourth-order valence-corrected chi connectivity index (χ4v) is 4.31. The third-order valence-electron chi connectivity index (χ3n) is 4.80. The zero-order valence-corrected chi connectivity index (χ0v) is 18.6. The molecule has 0 bridgehead atoms. The highest BCUT2D eigenvalue weighted by molar-refractivity contribution is 7.15. The van der Waals surface area contributed by atoms with Crippen LogP contribution in [-0.4, -0.2) is 14.6 Å². The van der Waals surface area contributed by atoms with Crippen molar-refractivity contribution in [2.24, 2.45) is 0 Å². The number of nitrogens with zero attached hydrogens (tertiary/aromatic N) is 3. The molecule has 0 saturated carbocycles. The topological polar surface area (TPSA) is 69.6 Å². The molecule has 11 heteroatoms. The zero-order valence-electron chi connectivity index (χ0n) is 17.0. The van der Waals surface area contributed by atoms with Gasteiger partial charge >= 0.3 is 6.18 Å². The first-order chi connectivity index (χ1) is 16.3. The molecule has 6 nitrogen and oxygen atoms in total. The van der Waals surface area contributed by atoms with Gasteiger partial charge in [-0.25, -0.2) is 0 Å². The fraction of sp³-hybridized carbons (Fsp3) is 0.0870. The minimum Gasteiger partial charge on any atom is -0.486 e. The number of alkyl halides is 3. The third-order valence-corrected chi connectivity index (χ3v) is 6.08. The van der Waals surface area contributed by atoms with E-state index in [0.29, 0.717) is 21.1 Å². The summed E-state index contributed by atoms with van der Waals surface area (Å²) in [6, 6.07) is 15.2. The highest BCUT2D eigenvalue weighted by atomic mass is 35.5. The summed E-state index contributed by atoms with van der Waals surface area (Å²) in [7, 11) is 0. The van der Waals surface area contributed by atoms with E-state index in [-0.39, 0.29) is 28.7 Å². The molecule has 0 fully saturated rings. The minimum absolute atomic E-state index is 0.101. The van der Waals surface area contributed by atoms with Crippen LogP contribution in [0.5, 0.6) is 5.75 Å². The maximum Gasteiger partial charge on any atom is 0.416 e. The van der Waals surface area contributed by atoms with E-state index < -0.39 is 17.3 Å². The number of rotatable bonds is 5. The molecule has 0 aliphatic heterocycles. The summed E-state index contributed by atoms with van der Waals surface area (Å²) < 4.78 is 51.9. The Balaban J connectivity index is 1.41. The monoisotopic (exact) mass is 503 g/mol. The molecule has 34 heavy (non-hydrogen) atoms. The average molecular weight is 504 g/mol. The van der Waals surface area contributed by atoms with Crippen LogP contribution >= 0.6 is 22.9 Å². The molecule has 3 heterocycles. The first kappa shape index (κ1) is 22.2. The van der Waals surface area contributed by atoms with Gasteiger partial charge in [-0.15, -0.1) is 5.10 Å². The van der Waals surface area contributed by atoms with Gasteiger partial charge in [0.25, 0.3) is 5.56 Å². The Bertz CT molecular complexity index is 1590. The summed E-state index contributed by atoms with van der Waals surface area (Å²) in [5.74, 6) is 1.44. The third kappa shape index (κ3) is 4.42. The molecule has 0 aliphatic carbocycles. The molecule has 0 unspecified atom stereocenters. The van der Waals surface area contributed by atoms with E-state index in [1.54, 1.807) is 18.2 Å². The first-order valence-corrected chi connectivity index (χ1v) is 11.0. The lowest BCUT2D eigenvalue weighted by Gasteiger charge is -2.09. The molecule has 0 spiro atoms. The van der Waals surface area contributed by atoms with Gasteiger partial charge in [-0.2, -0.15) is 22.7 Å². The fourth-order valence-electron chi connectivity index (χ4n) is 3.19. The van der Waals surface area contributed by atoms with Gasteiger partial charge in [-0.1, -0.05) is 41.1 Å². The SMILES string of the molecule is O=c1/c(=C/c2ccc(-c3cc(C(F)(F)F)ccc3Cl)o2)sc2nc(COc3ccccc3)nn12. The number of hydrogen-bond acceptors (Lipinski definition) is 6. The van der Waals surface area contributed by atoms with E-state index in [0.717, 1.165) is 23.5 Å². The Kier molecular flexibility index (Phi) is 5.62. The second-order valence-corrected chi connectivity index (χ2v) is 8.55. The largest absolute Gasteiger partial charge is 0.486 e. The molecule has 0 saturated heterocycles. The maximum atomic E-state index is 13.1. The molecule has 0 aliphatic rings. The van der Waals surface area contributed by atoms with Gasteiger partial charge in [0.05, 0.1) is 10.6 Å². The smallest absolute Gasteiger partial charge is 0.416 e. The normalized spacial score (nSPS) is 12.5. The predicted octanol–water partition coefficient (Wildman–Crippen LogP) is 5.21. The molecular weight excluding hydrogens is 491 g/mol. The van der Waals surface area contributed by atoms with E-state index in [1.807, 2.05) is 18.2 Å². The van der Waals surface area contributed by atoms with Crippen LogP contribution in [0.1, 0.15) is 17.1 Å². The molecule has 0 atom stereocenters. The van der Waals surface area contributed by atoms with Crippen LogP contribution in [0.3, 0.4) is 0 Å². The second kappa shape index (κ2) is 8.62. The molecule has 2 aromatic carbocycles. The maximum absolute atomic E-state index is 13.1. The van der Waals surface area contributed by atoms with Crippen molar-refractivity contribution in [3.63, 3.8) is 0 Å². The molecule has 0 amide bonds. The number of fused-ring (bicyclic) bond motifs is 1. The Morgan fingerprint density at radius 3 is 2.65 bits per heavy atom. The molecule has 5 aromatic rings. The number of aromatic nitrogens is 3. The second-order valence-electron chi connectivity index (χ2n) is 7.13. The zero-order chi connectivity index (χ0) is 23.9. The average Bonchev–Trinajstić information content (AvgIpc) is 3.50. The van der Waals surface area contributed by atoms with E-state index in [4.69, 9.17) is 20.8 Å². The quantitative estimate of drug-likeness (QED) is 0.329. The number of para-hydroxylation sites is 1.